The number of halogens is 3. The number of carboxylic acids is 2. The van der Waals surface area contributed by atoms with E-state index in [9.17, 15) is 22.8 Å². The Kier molecular flexibility index (Phi) is 8.31. The number of aromatic nitrogens is 2. The van der Waals surface area contributed by atoms with Crippen LogP contribution in [0.4, 0.5) is 13.2 Å². The number of nitrogens with two attached hydrogens (primary N) is 1. The maximum absolute atomic E-state index is 11.4. The van der Waals surface area contributed by atoms with E-state index < -0.39 is 24.2 Å². The Balaban J connectivity index is 0.000000640. The summed E-state index contributed by atoms with van der Waals surface area (Å²) in [5.41, 5.74) is 5.78. The first-order valence-corrected chi connectivity index (χ1v) is 6.41. The maximum atomic E-state index is 11.4. The third-order valence-electron chi connectivity index (χ3n) is 2.31. The summed E-state index contributed by atoms with van der Waals surface area (Å²) in [5, 5.41) is 22.3. The molecule has 5 N–H and O–H groups in total. The van der Waals surface area contributed by atoms with Crippen molar-refractivity contribution in [3.63, 3.8) is 0 Å². The zero-order valence-electron chi connectivity index (χ0n) is 12.4. The number of carbonyl (C=O) groups excluding carboxylic acids is 1. The highest BCUT2D eigenvalue weighted by Crippen LogP contribution is 2.13. The van der Waals surface area contributed by atoms with Crippen molar-refractivity contribution >= 4 is 17.8 Å². The minimum atomic E-state index is -5.08. The lowest BCUT2D eigenvalue weighted by Gasteiger charge is -2.02. The Morgan fingerprint density at radius 2 is 1.92 bits per heavy atom. The molecule has 0 bridgehead atoms. The van der Waals surface area contributed by atoms with E-state index in [4.69, 9.17) is 20.7 Å². The molecule has 1 rings (SSSR count). The molecule has 1 heterocycles. The summed E-state index contributed by atoms with van der Waals surface area (Å²) >= 11 is 0. The summed E-state index contributed by atoms with van der Waals surface area (Å²) in [6, 6.07) is 0.551. The SMILES string of the molecule is CCNC(=O)c1cc[n+](C[C@H](N)C(=O)O)nc1.O=C(O)C(F)(F)F. The van der Waals surface area contributed by atoms with E-state index in [2.05, 4.69) is 10.4 Å². The Labute approximate surface area is 133 Å². The van der Waals surface area contributed by atoms with Gasteiger partial charge in [-0.05, 0) is 12.0 Å². The molecule has 0 spiro atoms. The molecule has 0 aromatic carbocycles. The molecular weight excluding hydrogens is 337 g/mol. The highest BCUT2D eigenvalue weighted by molar-refractivity contribution is 5.93. The van der Waals surface area contributed by atoms with Crippen LogP contribution in [0.15, 0.2) is 18.5 Å². The minimum Gasteiger partial charge on any atom is -0.480 e. The predicted molar refractivity (Wildman–Crippen MR) is 71.7 cm³/mol. The molecule has 1 amide bonds. The third kappa shape index (κ3) is 8.03. The van der Waals surface area contributed by atoms with Gasteiger partial charge >= 0.3 is 18.1 Å². The molecule has 0 aliphatic heterocycles. The van der Waals surface area contributed by atoms with Gasteiger partial charge in [-0.15, -0.1) is 0 Å². The summed E-state index contributed by atoms with van der Waals surface area (Å²) in [6.07, 6.45) is -2.19. The van der Waals surface area contributed by atoms with Crippen LogP contribution in [0.5, 0.6) is 0 Å². The van der Waals surface area contributed by atoms with E-state index in [1.165, 1.54) is 17.1 Å². The van der Waals surface area contributed by atoms with Crippen molar-refractivity contribution in [3.8, 4) is 0 Å². The largest absolute Gasteiger partial charge is 0.490 e. The molecule has 0 radical (unpaired) electrons. The molecule has 0 unspecified atom stereocenters. The second kappa shape index (κ2) is 9.39. The third-order valence-corrected chi connectivity index (χ3v) is 2.31. The van der Waals surface area contributed by atoms with Crippen LogP contribution in [0.25, 0.3) is 0 Å². The van der Waals surface area contributed by atoms with Crippen LogP contribution in [-0.2, 0) is 16.1 Å². The predicted octanol–water partition coefficient (Wildman–Crippen LogP) is -0.836. The average Bonchev–Trinajstić information content (AvgIpc) is 2.47. The van der Waals surface area contributed by atoms with Crippen LogP contribution in [-0.4, -0.2) is 51.9 Å². The van der Waals surface area contributed by atoms with Crippen LogP contribution < -0.4 is 15.7 Å². The first-order valence-electron chi connectivity index (χ1n) is 6.41. The van der Waals surface area contributed by atoms with Crippen molar-refractivity contribution in [1.82, 2.24) is 10.4 Å². The second-order valence-corrected chi connectivity index (χ2v) is 4.24. The van der Waals surface area contributed by atoms with E-state index in [0.717, 1.165) is 0 Å². The number of nitrogens with zero attached hydrogens (tertiary/aromatic N) is 2. The number of amides is 1. The zero-order chi connectivity index (χ0) is 18.9. The van der Waals surface area contributed by atoms with Crippen molar-refractivity contribution < 1.29 is 42.4 Å². The molecule has 0 saturated heterocycles. The van der Waals surface area contributed by atoms with Gasteiger partial charge in [0.15, 0.2) is 18.8 Å². The highest BCUT2D eigenvalue weighted by atomic mass is 19.4. The summed E-state index contributed by atoms with van der Waals surface area (Å²) in [7, 11) is 0. The number of nitrogens with one attached hydrogen (secondary N) is 1. The Morgan fingerprint density at radius 1 is 1.38 bits per heavy atom. The summed E-state index contributed by atoms with van der Waals surface area (Å²) < 4.78 is 33.1. The van der Waals surface area contributed by atoms with Crippen molar-refractivity contribution in [3.05, 3.63) is 24.0 Å². The van der Waals surface area contributed by atoms with Gasteiger partial charge in [0.2, 0.25) is 0 Å². The van der Waals surface area contributed by atoms with Gasteiger partial charge in [-0.2, -0.15) is 13.2 Å². The zero-order valence-corrected chi connectivity index (χ0v) is 12.4. The lowest BCUT2D eigenvalue weighted by Crippen LogP contribution is -2.49. The molecule has 0 aliphatic rings. The van der Waals surface area contributed by atoms with Gasteiger partial charge in [-0.3, -0.25) is 9.59 Å². The van der Waals surface area contributed by atoms with Crippen LogP contribution in [0, 0.1) is 0 Å². The van der Waals surface area contributed by atoms with Gasteiger partial charge in [0.1, 0.15) is 6.20 Å². The molecule has 24 heavy (non-hydrogen) atoms. The molecule has 0 aliphatic carbocycles. The van der Waals surface area contributed by atoms with Gasteiger partial charge in [-0.25, -0.2) is 4.79 Å². The fraction of sp³-hybridized carbons (Fsp3) is 0.417. The van der Waals surface area contributed by atoms with E-state index in [-0.39, 0.29) is 12.5 Å². The molecular formula is C12H16F3N4O5+. The van der Waals surface area contributed by atoms with E-state index in [1.54, 1.807) is 6.07 Å². The average molecular weight is 353 g/mol. The molecule has 0 saturated carbocycles. The van der Waals surface area contributed by atoms with Crippen LogP contribution in [0.1, 0.15) is 17.3 Å². The minimum absolute atomic E-state index is 0.0605. The summed E-state index contributed by atoms with van der Waals surface area (Å²) in [4.78, 5) is 30.8. The lowest BCUT2D eigenvalue weighted by molar-refractivity contribution is -0.754. The first kappa shape index (κ1) is 21.2. The van der Waals surface area contributed by atoms with Gasteiger partial charge in [0, 0.05) is 12.6 Å². The molecule has 1 aromatic heterocycles. The summed E-state index contributed by atoms with van der Waals surface area (Å²) in [5.74, 6) is -4.06. The maximum Gasteiger partial charge on any atom is 0.490 e. The van der Waals surface area contributed by atoms with Crippen molar-refractivity contribution in [2.45, 2.75) is 25.7 Å². The number of alkyl halides is 3. The Morgan fingerprint density at radius 3 is 2.25 bits per heavy atom. The van der Waals surface area contributed by atoms with E-state index in [1.807, 2.05) is 6.92 Å². The number of carboxylic acid groups (broad SMARTS) is 2. The molecule has 134 valence electrons. The normalized spacial score (nSPS) is 11.7. The molecule has 12 heteroatoms. The van der Waals surface area contributed by atoms with Gasteiger partial charge in [0.25, 0.3) is 5.91 Å². The van der Waals surface area contributed by atoms with Crippen LogP contribution in [0.3, 0.4) is 0 Å². The number of rotatable bonds is 5. The quantitative estimate of drug-likeness (QED) is 0.505. The molecule has 9 nitrogen and oxygen atoms in total. The first-order chi connectivity index (χ1) is 11.0. The topological polar surface area (TPSA) is 146 Å². The fourth-order valence-electron chi connectivity index (χ4n) is 1.17. The number of carbonyl (C=O) groups is 3. The van der Waals surface area contributed by atoms with E-state index >= 15 is 0 Å². The van der Waals surface area contributed by atoms with Crippen molar-refractivity contribution in [2.75, 3.05) is 6.54 Å². The number of aliphatic carboxylic acids is 2. The summed E-state index contributed by atoms with van der Waals surface area (Å²) in [6.45, 7) is 2.42. The van der Waals surface area contributed by atoms with Gasteiger partial charge in [-0.1, -0.05) is 4.68 Å². The Bertz CT molecular complexity index is 577. The van der Waals surface area contributed by atoms with E-state index in [0.29, 0.717) is 12.1 Å². The van der Waals surface area contributed by atoms with Crippen molar-refractivity contribution in [2.24, 2.45) is 5.73 Å². The van der Waals surface area contributed by atoms with Gasteiger partial charge in [0.05, 0.1) is 5.56 Å². The smallest absolute Gasteiger partial charge is 0.480 e. The monoisotopic (exact) mass is 353 g/mol. The highest BCUT2D eigenvalue weighted by Gasteiger charge is 2.38. The van der Waals surface area contributed by atoms with Crippen molar-refractivity contribution in [1.29, 1.82) is 0 Å². The number of hydrogen-bond donors (Lipinski definition) is 4. The lowest BCUT2D eigenvalue weighted by atomic mass is 10.3. The molecule has 1 atom stereocenters. The second-order valence-electron chi connectivity index (χ2n) is 4.24. The molecule has 1 aromatic rings. The Hall–Kier alpha value is -2.76. The van der Waals surface area contributed by atoms with Crippen LogP contribution in [0.2, 0.25) is 0 Å². The van der Waals surface area contributed by atoms with Crippen LogP contribution >= 0.6 is 0 Å². The standard InChI is InChI=1S/C10H14N4O3.C2HF3O2/c1-2-12-9(15)7-3-4-14(13-5-7)6-8(11)10(16)17;3-2(4,5)1(6)7/h3-5,8H,2,6,11H2,1H3,(H-,12,15,16,17);(H,6,7)/p+1/t8-;/m0./s1. The molecule has 0 fully saturated rings. The fourth-order valence-corrected chi connectivity index (χ4v) is 1.17. The number of hydrogen-bond acceptors (Lipinski definition) is 5. The van der Waals surface area contributed by atoms with Gasteiger partial charge < -0.3 is 21.3 Å².